The molecule has 0 aliphatic carbocycles. The van der Waals surface area contributed by atoms with Gasteiger partial charge in [0.05, 0.1) is 6.10 Å². The molecule has 2 rings (SSSR count). The fourth-order valence-electron chi connectivity index (χ4n) is 2.15. The fraction of sp³-hybridized carbons (Fsp3) is 0.375. The lowest BCUT2D eigenvalue weighted by atomic mass is 10.0. The van der Waals surface area contributed by atoms with Crippen LogP contribution in [0.25, 0.3) is 0 Å². The van der Waals surface area contributed by atoms with Crippen LogP contribution in [-0.4, -0.2) is 9.67 Å². The number of aryl methyl sites for hydroxylation is 1. The van der Waals surface area contributed by atoms with Crippen LogP contribution in [0.4, 0.5) is 4.39 Å². The van der Waals surface area contributed by atoms with Gasteiger partial charge in [-0.3, -0.25) is 0 Å². The highest BCUT2D eigenvalue weighted by Gasteiger charge is 2.13. The molecule has 0 bridgehead atoms. The van der Waals surface area contributed by atoms with Crippen molar-refractivity contribution in [3.8, 4) is 0 Å². The van der Waals surface area contributed by atoms with Crippen molar-refractivity contribution in [3.63, 3.8) is 0 Å². The standard InChI is InChI=1S/C16H20FNO/c1-11(2)16(19)14-6-7-18(10-14)9-13-4-5-15(17)8-12(13)3/h4-8,10-11,16,19H,9H2,1-3H3. The Hall–Kier alpha value is -1.61. The third-order valence-corrected chi connectivity index (χ3v) is 3.40. The average Bonchev–Trinajstić information content (AvgIpc) is 2.80. The molecule has 0 aliphatic rings. The Labute approximate surface area is 113 Å². The van der Waals surface area contributed by atoms with Crippen molar-refractivity contribution in [2.75, 3.05) is 0 Å². The van der Waals surface area contributed by atoms with Crippen molar-refractivity contribution in [2.24, 2.45) is 5.92 Å². The molecule has 0 saturated carbocycles. The summed E-state index contributed by atoms with van der Waals surface area (Å²) in [5.74, 6) is -0.00641. The van der Waals surface area contributed by atoms with E-state index < -0.39 is 6.10 Å². The minimum atomic E-state index is -0.435. The first kappa shape index (κ1) is 13.8. The third-order valence-electron chi connectivity index (χ3n) is 3.40. The summed E-state index contributed by atoms with van der Waals surface area (Å²) in [6.07, 6.45) is 3.47. The van der Waals surface area contributed by atoms with E-state index in [0.29, 0.717) is 6.54 Å². The number of benzene rings is 1. The maximum absolute atomic E-state index is 13.0. The summed E-state index contributed by atoms with van der Waals surface area (Å²) in [6.45, 7) is 6.58. The molecule has 1 aromatic carbocycles. The van der Waals surface area contributed by atoms with Crippen molar-refractivity contribution in [2.45, 2.75) is 33.4 Å². The largest absolute Gasteiger partial charge is 0.388 e. The normalized spacial score (nSPS) is 12.9. The van der Waals surface area contributed by atoms with Crippen molar-refractivity contribution < 1.29 is 9.50 Å². The molecule has 0 radical (unpaired) electrons. The Morgan fingerprint density at radius 2 is 2.00 bits per heavy atom. The van der Waals surface area contributed by atoms with Gasteiger partial charge in [0.2, 0.25) is 0 Å². The molecule has 19 heavy (non-hydrogen) atoms. The summed E-state index contributed by atoms with van der Waals surface area (Å²) in [6, 6.07) is 6.77. The second kappa shape index (κ2) is 5.57. The van der Waals surface area contributed by atoms with Gasteiger partial charge in [0.15, 0.2) is 0 Å². The molecule has 0 saturated heterocycles. The van der Waals surface area contributed by atoms with Crippen LogP contribution < -0.4 is 0 Å². The molecule has 2 aromatic rings. The van der Waals surface area contributed by atoms with Crippen LogP contribution in [0.1, 0.15) is 36.6 Å². The van der Waals surface area contributed by atoms with Crippen molar-refractivity contribution >= 4 is 0 Å². The summed E-state index contributed by atoms with van der Waals surface area (Å²) in [4.78, 5) is 0. The number of hydrogen-bond donors (Lipinski definition) is 1. The van der Waals surface area contributed by atoms with E-state index in [-0.39, 0.29) is 11.7 Å². The van der Waals surface area contributed by atoms with E-state index in [4.69, 9.17) is 0 Å². The van der Waals surface area contributed by atoms with Gasteiger partial charge in [0, 0.05) is 18.9 Å². The van der Waals surface area contributed by atoms with Crippen molar-refractivity contribution in [1.29, 1.82) is 0 Å². The summed E-state index contributed by atoms with van der Waals surface area (Å²) in [5.41, 5.74) is 2.96. The molecule has 1 N–H and O–H groups in total. The van der Waals surface area contributed by atoms with Gasteiger partial charge in [0.25, 0.3) is 0 Å². The number of halogens is 1. The van der Waals surface area contributed by atoms with Gasteiger partial charge >= 0.3 is 0 Å². The minimum absolute atomic E-state index is 0.198. The van der Waals surface area contributed by atoms with Crippen LogP contribution in [-0.2, 0) is 6.54 Å². The first-order valence-electron chi connectivity index (χ1n) is 6.56. The van der Waals surface area contributed by atoms with Crippen molar-refractivity contribution in [3.05, 3.63) is 59.2 Å². The maximum atomic E-state index is 13.0. The zero-order valence-corrected chi connectivity index (χ0v) is 11.6. The average molecular weight is 261 g/mol. The van der Waals surface area contributed by atoms with Crippen LogP contribution in [0.3, 0.4) is 0 Å². The molecule has 0 spiro atoms. The van der Waals surface area contributed by atoms with Gasteiger partial charge in [-0.2, -0.15) is 0 Å². The topological polar surface area (TPSA) is 25.2 Å². The molecule has 0 fully saturated rings. The van der Waals surface area contributed by atoms with E-state index in [0.717, 1.165) is 16.7 Å². The van der Waals surface area contributed by atoms with Gasteiger partial charge < -0.3 is 9.67 Å². The third kappa shape index (κ3) is 3.24. The van der Waals surface area contributed by atoms with Crippen LogP contribution in [0.2, 0.25) is 0 Å². The summed E-state index contributed by atoms with van der Waals surface area (Å²) in [7, 11) is 0. The smallest absolute Gasteiger partial charge is 0.123 e. The molecule has 1 atom stereocenters. The predicted molar refractivity (Wildman–Crippen MR) is 74.5 cm³/mol. The highest BCUT2D eigenvalue weighted by molar-refractivity contribution is 5.27. The summed E-state index contributed by atoms with van der Waals surface area (Å²) in [5, 5.41) is 10.0. The Bertz CT molecular complexity index is 560. The number of hydrogen-bond acceptors (Lipinski definition) is 1. The summed E-state index contributed by atoms with van der Waals surface area (Å²) < 4.78 is 15.1. The number of aromatic nitrogens is 1. The highest BCUT2D eigenvalue weighted by Crippen LogP contribution is 2.22. The lowest BCUT2D eigenvalue weighted by molar-refractivity contribution is 0.127. The zero-order chi connectivity index (χ0) is 14.0. The van der Waals surface area contributed by atoms with Gasteiger partial charge in [-0.25, -0.2) is 4.39 Å². The number of rotatable bonds is 4. The van der Waals surface area contributed by atoms with Crippen LogP contribution in [0.15, 0.2) is 36.7 Å². The van der Waals surface area contributed by atoms with Gasteiger partial charge in [-0.15, -0.1) is 0 Å². The Morgan fingerprint density at radius 1 is 1.26 bits per heavy atom. The molecule has 1 unspecified atom stereocenters. The predicted octanol–water partition coefficient (Wildman–Crippen LogP) is 3.67. The minimum Gasteiger partial charge on any atom is -0.388 e. The number of nitrogens with zero attached hydrogens (tertiary/aromatic N) is 1. The van der Waals surface area contributed by atoms with Crippen LogP contribution in [0, 0.1) is 18.7 Å². The van der Waals surface area contributed by atoms with E-state index in [2.05, 4.69) is 0 Å². The Balaban J connectivity index is 2.16. The summed E-state index contributed by atoms with van der Waals surface area (Å²) >= 11 is 0. The molecular weight excluding hydrogens is 241 g/mol. The van der Waals surface area contributed by atoms with E-state index in [1.807, 2.05) is 49.9 Å². The molecule has 102 valence electrons. The lowest BCUT2D eigenvalue weighted by Crippen LogP contribution is -2.04. The first-order valence-corrected chi connectivity index (χ1v) is 6.56. The first-order chi connectivity index (χ1) is 8.97. The van der Waals surface area contributed by atoms with Crippen LogP contribution >= 0.6 is 0 Å². The number of aliphatic hydroxyl groups is 1. The maximum Gasteiger partial charge on any atom is 0.123 e. The molecule has 1 heterocycles. The molecule has 3 heteroatoms. The molecule has 1 aromatic heterocycles. The van der Waals surface area contributed by atoms with Crippen molar-refractivity contribution in [1.82, 2.24) is 4.57 Å². The Morgan fingerprint density at radius 3 is 2.63 bits per heavy atom. The van der Waals surface area contributed by atoms with Gasteiger partial charge in [-0.05, 0) is 47.7 Å². The second-order valence-electron chi connectivity index (χ2n) is 5.38. The van der Waals surface area contributed by atoms with E-state index >= 15 is 0 Å². The molecule has 0 amide bonds. The zero-order valence-electron chi connectivity index (χ0n) is 11.6. The fourth-order valence-corrected chi connectivity index (χ4v) is 2.15. The number of aliphatic hydroxyl groups excluding tert-OH is 1. The Kier molecular flexibility index (Phi) is 4.05. The molecular formula is C16H20FNO. The lowest BCUT2D eigenvalue weighted by Gasteiger charge is -2.12. The van der Waals surface area contributed by atoms with E-state index in [9.17, 15) is 9.50 Å². The molecule has 2 nitrogen and oxygen atoms in total. The van der Waals surface area contributed by atoms with E-state index in [1.54, 1.807) is 6.07 Å². The van der Waals surface area contributed by atoms with Crippen LogP contribution in [0.5, 0.6) is 0 Å². The van der Waals surface area contributed by atoms with Gasteiger partial charge in [-0.1, -0.05) is 19.9 Å². The quantitative estimate of drug-likeness (QED) is 0.892. The SMILES string of the molecule is Cc1cc(F)ccc1Cn1ccc(C(O)C(C)C)c1. The second-order valence-corrected chi connectivity index (χ2v) is 5.38. The van der Waals surface area contributed by atoms with Gasteiger partial charge in [0.1, 0.15) is 5.82 Å². The highest BCUT2D eigenvalue weighted by atomic mass is 19.1. The van der Waals surface area contributed by atoms with E-state index in [1.165, 1.54) is 6.07 Å². The monoisotopic (exact) mass is 261 g/mol. The molecule has 0 aliphatic heterocycles.